The molecule has 0 saturated heterocycles. The van der Waals surface area contributed by atoms with Crippen LogP contribution in [0.1, 0.15) is 34.8 Å². The zero-order valence-corrected chi connectivity index (χ0v) is 28.2. The van der Waals surface area contributed by atoms with Crippen LogP contribution in [-0.2, 0) is 22.5 Å². The van der Waals surface area contributed by atoms with Crippen LogP contribution in [0.25, 0.3) is 21.6 Å². The molecule has 0 radical (unpaired) electrons. The number of benzene rings is 5. The summed E-state index contributed by atoms with van der Waals surface area (Å²) in [6.45, 7) is 0.288. The van der Waals surface area contributed by atoms with Crippen molar-refractivity contribution in [1.82, 2.24) is 5.32 Å². The largest absolute Gasteiger partial charge is 0.573 e. The van der Waals surface area contributed by atoms with Gasteiger partial charge in [0, 0.05) is 42.2 Å². The summed E-state index contributed by atoms with van der Waals surface area (Å²) in [5.41, 5.74) is 12.2. The lowest BCUT2D eigenvalue weighted by atomic mass is 9.81. The van der Waals surface area contributed by atoms with Gasteiger partial charge in [0.2, 0.25) is 5.90 Å². The van der Waals surface area contributed by atoms with E-state index in [2.05, 4.69) is 20.1 Å². The first-order chi connectivity index (χ1) is 25.7. The lowest BCUT2D eigenvalue weighted by molar-refractivity contribution is -0.274. The number of carbonyl (C=O) groups excluding carboxylic acids is 1. The Morgan fingerprint density at radius 1 is 0.868 bits per heavy atom. The molecule has 0 unspecified atom stereocenters. The van der Waals surface area contributed by atoms with Crippen molar-refractivity contribution >= 4 is 17.5 Å². The van der Waals surface area contributed by atoms with Gasteiger partial charge in [0.15, 0.2) is 11.6 Å². The molecule has 1 heterocycles. The smallest absolute Gasteiger partial charge is 0.494 e. The van der Waals surface area contributed by atoms with Crippen molar-refractivity contribution in [3.05, 3.63) is 160 Å². The Morgan fingerprint density at radius 3 is 2.19 bits per heavy atom. The second-order valence-corrected chi connectivity index (χ2v) is 12.1. The molecule has 2 atom stereocenters. The number of aliphatic hydroxyl groups is 1. The number of carbonyl (C=O) groups is 1. The fourth-order valence-corrected chi connectivity index (χ4v) is 6.00. The molecular weight excluding hydrogens is 687 g/mol. The Hall–Kier alpha value is -6.30. The summed E-state index contributed by atoms with van der Waals surface area (Å²) in [5, 5.41) is 15.9. The molecule has 0 saturated carbocycles. The van der Waals surface area contributed by atoms with E-state index in [9.17, 15) is 23.5 Å². The third-order valence-electron chi connectivity index (χ3n) is 8.56. The summed E-state index contributed by atoms with van der Waals surface area (Å²) in [4.78, 5) is 22.7. The van der Waals surface area contributed by atoms with E-state index >= 15 is 0 Å². The molecule has 2 N–H and O–H groups in total. The summed E-state index contributed by atoms with van der Waals surface area (Å²) in [5.74, 6) is -0.150. The van der Waals surface area contributed by atoms with E-state index in [4.69, 9.17) is 19.6 Å². The number of alkyl halides is 3. The molecule has 0 aliphatic carbocycles. The zero-order valence-electron chi connectivity index (χ0n) is 28.2. The monoisotopic (exact) mass is 721 g/mol. The van der Waals surface area contributed by atoms with Crippen LogP contribution in [0.2, 0.25) is 0 Å². The van der Waals surface area contributed by atoms with Crippen LogP contribution in [0.5, 0.6) is 11.5 Å². The normalized spacial score (nSPS) is 16.5. The minimum Gasteiger partial charge on any atom is -0.494 e. The number of amides is 1. The zero-order chi connectivity index (χ0) is 37.3. The van der Waals surface area contributed by atoms with E-state index in [0.29, 0.717) is 46.7 Å². The van der Waals surface area contributed by atoms with Gasteiger partial charge in [-0.1, -0.05) is 96.1 Å². The van der Waals surface area contributed by atoms with Crippen LogP contribution >= 0.6 is 0 Å². The fraction of sp³-hybridized carbons (Fsp3) is 0.200. The summed E-state index contributed by atoms with van der Waals surface area (Å²) < 4.78 is 54.5. The number of hydrogen-bond acceptors (Lipinski definition) is 7. The molecular formula is C40H34F3N5O5. The maximum absolute atomic E-state index is 14.7. The van der Waals surface area contributed by atoms with Gasteiger partial charge >= 0.3 is 6.36 Å². The number of aliphatic hydroxyl groups excluding tert-OH is 1. The third kappa shape index (κ3) is 8.96. The van der Waals surface area contributed by atoms with Crippen LogP contribution in [0, 0.1) is 0 Å². The molecule has 1 amide bonds. The lowest BCUT2D eigenvalue weighted by Gasteiger charge is -2.31. The van der Waals surface area contributed by atoms with E-state index in [-0.39, 0.29) is 31.2 Å². The van der Waals surface area contributed by atoms with Crippen molar-refractivity contribution in [2.24, 2.45) is 10.1 Å². The van der Waals surface area contributed by atoms with Crippen LogP contribution < -0.4 is 14.8 Å². The number of rotatable bonds is 14. The van der Waals surface area contributed by atoms with Gasteiger partial charge in [-0.25, -0.2) is 4.99 Å². The number of nitrogens with zero attached hydrogens (tertiary/aromatic N) is 4. The highest BCUT2D eigenvalue weighted by Gasteiger charge is 2.53. The maximum Gasteiger partial charge on any atom is 0.573 e. The summed E-state index contributed by atoms with van der Waals surface area (Å²) >= 11 is 0. The first-order valence-electron chi connectivity index (χ1n) is 16.7. The highest BCUT2D eigenvalue weighted by molar-refractivity contribution is 6.01. The third-order valence-corrected chi connectivity index (χ3v) is 8.56. The molecule has 0 aromatic heterocycles. The molecule has 1 aliphatic rings. The molecule has 10 nitrogen and oxygen atoms in total. The van der Waals surface area contributed by atoms with Crippen LogP contribution in [0.15, 0.2) is 138 Å². The topological polar surface area (TPSA) is 138 Å². The minimum absolute atomic E-state index is 0.00117. The Labute approximate surface area is 303 Å². The van der Waals surface area contributed by atoms with Gasteiger partial charge in [0.1, 0.15) is 11.5 Å². The van der Waals surface area contributed by atoms with Crippen LogP contribution in [0.4, 0.5) is 18.9 Å². The minimum atomic E-state index is -4.84. The number of nitrogens with one attached hydrogen (secondary N) is 1. The Kier molecular flexibility index (Phi) is 11.3. The summed E-state index contributed by atoms with van der Waals surface area (Å²) in [6, 6.07) is 36.5. The van der Waals surface area contributed by atoms with Crippen LogP contribution in [0.3, 0.4) is 0 Å². The van der Waals surface area contributed by atoms with Crippen molar-refractivity contribution in [3.63, 3.8) is 0 Å². The SMILES string of the molecule is [N-]=[N+]=Nc1ccccc1C[C@@]1(C(=O)NCc2ccc(OC(F)(F)F)cc2)N=C(c2ccc(OCCCO)cc2)O[C@@H]1c1ccc(-c2ccccc2)cc1. The standard InChI is InChI=1S/C40H34F3N5O5/c41-40(42,43)53-34-19-11-27(12-20-34)26-45-38(50)39(25-32-9-4-5-10-35(32)47-48-44)36(30-15-13-29(14-16-30)28-7-2-1-3-8-28)52-37(46-39)31-17-21-33(22-18-31)51-24-6-23-49/h1-5,7-22,36,49H,6,23-26H2,(H,45,50)/t36-,39-/m1/s1. The van der Waals surface area contributed by atoms with E-state index in [1.807, 2.05) is 54.6 Å². The number of hydrogen-bond donors (Lipinski definition) is 2. The number of aliphatic imine (C=N–C) groups is 1. The quantitative estimate of drug-likeness (QED) is 0.0511. The fourth-order valence-electron chi connectivity index (χ4n) is 6.00. The summed E-state index contributed by atoms with van der Waals surface area (Å²) in [6.07, 6.45) is -5.37. The van der Waals surface area contributed by atoms with Crippen molar-refractivity contribution in [2.75, 3.05) is 13.2 Å². The Balaban J connectivity index is 1.41. The molecule has 13 heteroatoms. The van der Waals surface area contributed by atoms with E-state index in [1.54, 1.807) is 48.5 Å². The predicted octanol–water partition coefficient (Wildman–Crippen LogP) is 8.77. The highest BCUT2D eigenvalue weighted by atomic mass is 19.4. The van der Waals surface area contributed by atoms with Gasteiger partial charge in [-0.05, 0) is 69.7 Å². The highest BCUT2D eigenvalue weighted by Crippen LogP contribution is 2.44. The van der Waals surface area contributed by atoms with Crippen molar-refractivity contribution in [2.45, 2.75) is 37.4 Å². The van der Waals surface area contributed by atoms with E-state index in [0.717, 1.165) is 11.1 Å². The van der Waals surface area contributed by atoms with Gasteiger partial charge in [-0.3, -0.25) is 4.79 Å². The first-order valence-corrected chi connectivity index (χ1v) is 16.7. The Bertz CT molecular complexity index is 2090. The van der Waals surface area contributed by atoms with Gasteiger partial charge in [-0.15, -0.1) is 13.2 Å². The molecule has 0 bridgehead atoms. The molecule has 5 aromatic carbocycles. The predicted molar refractivity (Wildman–Crippen MR) is 193 cm³/mol. The lowest BCUT2D eigenvalue weighted by Crippen LogP contribution is -2.49. The number of halogens is 3. The van der Waals surface area contributed by atoms with Gasteiger partial charge in [0.05, 0.1) is 6.61 Å². The summed E-state index contributed by atoms with van der Waals surface area (Å²) in [7, 11) is 0. The average Bonchev–Trinajstić information content (AvgIpc) is 3.56. The average molecular weight is 722 g/mol. The second kappa shape index (κ2) is 16.4. The first kappa shape index (κ1) is 36.5. The molecule has 270 valence electrons. The maximum atomic E-state index is 14.7. The molecule has 0 spiro atoms. The second-order valence-electron chi connectivity index (χ2n) is 12.1. The number of ether oxygens (including phenoxy) is 3. The molecule has 53 heavy (non-hydrogen) atoms. The molecule has 5 aromatic rings. The van der Waals surface area contributed by atoms with Crippen molar-refractivity contribution in [1.29, 1.82) is 0 Å². The van der Waals surface area contributed by atoms with Crippen molar-refractivity contribution in [3.8, 4) is 22.6 Å². The molecule has 1 aliphatic heterocycles. The van der Waals surface area contributed by atoms with Crippen LogP contribution in [-0.4, -0.2) is 42.0 Å². The van der Waals surface area contributed by atoms with Gasteiger partial charge < -0.3 is 24.6 Å². The molecule has 0 fully saturated rings. The van der Waals surface area contributed by atoms with E-state index < -0.39 is 23.9 Å². The van der Waals surface area contributed by atoms with Gasteiger partial charge in [0.25, 0.3) is 5.91 Å². The van der Waals surface area contributed by atoms with Gasteiger partial charge in [-0.2, -0.15) is 0 Å². The Morgan fingerprint density at radius 2 is 1.51 bits per heavy atom. The molecule has 6 rings (SSSR count). The number of azide groups is 1. The van der Waals surface area contributed by atoms with E-state index in [1.165, 1.54) is 24.3 Å². The van der Waals surface area contributed by atoms with Crippen molar-refractivity contribution < 1.29 is 37.3 Å².